The number of hydrogen-bond acceptors (Lipinski definition) is 6. The number of benzene rings is 2. The zero-order valence-corrected chi connectivity index (χ0v) is 15.9. The summed E-state index contributed by atoms with van der Waals surface area (Å²) in [6.07, 6.45) is -3.88. The summed E-state index contributed by atoms with van der Waals surface area (Å²) in [5.74, 6) is -2.18. The minimum atomic E-state index is -4.78. The predicted molar refractivity (Wildman–Crippen MR) is 105 cm³/mol. The highest BCUT2D eigenvalue weighted by Gasteiger charge is 2.35. The molecule has 1 aromatic heterocycles. The topological polar surface area (TPSA) is 96.0 Å². The summed E-state index contributed by atoms with van der Waals surface area (Å²) in [7, 11) is 1.39. The Balaban J connectivity index is 2.00. The zero-order chi connectivity index (χ0) is 22.6. The van der Waals surface area contributed by atoms with Gasteiger partial charge >= 0.3 is 6.18 Å². The molecule has 0 aliphatic rings. The quantitative estimate of drug-likeness (QED) is 0.396. The molecule has 1 heterocycles. The number of amides is 1. The van der Waals surface area contributed by atoms with Gasteiger partial charge in [0.15, 0.2) is 6.29 Å². The minimum absolute atomic E-state index is 0.0957. The van der Waals surface area contributed by atoms with Gasteiger partial charge in [-0.1, -0.05) is 12.1 Å². The van der Waals surface area contributed by atoms with Gasteiger partial charge in [0.1, 0.15) is 17.2 Å². The van der Waals surface area contributed by atoms with Crippen molar-refractivity contribution in [2.24, 2.45) is 0 Å². The normalized spacial score (nSPS) is 11.0. The van der Waals surface area contributed by atoms with E-state index in [0.29, 0.717) is 12.5 Å². The standard InChI is InChI=1S/C20H15F4N5O2/c1-25-18(31)13-4-2-3-5-16(13)28-17-14(20(22,23)24)9-26-19(29-17)27-12-7-6-11(10-30)15(21)8-12/h2-10H,1H3,(H,25,31)(H2,26,27,28,29). The average Bonchev–Trinajstić information content (AvgIpc) is 2.73. The number of nitrogens with one attached hydrogen (secondary N) is 3. The molecule has 7 nitrogen and oxygen atoms in total. The van der Waals surface area contributed by atoms with Crippen LogP contribution in [0.15, 0.2) is 48.7 Å². The van der Waals surface area contributed by atoms with Gasteiger partial charge in [0, 0.05) is 18.9 Å². The molecule has 31 heavy (non-hydrogen) atoms. The molecule has 0 aliphatic carbocycles. The number of halogens is 4. The zero-order valence-electron chi connectivity index (χ0n) is 15.9. The Kier molecular flexibility index (Phi) is 6.14. The van der Waals surface area contributed by atoms with E-state index in [0.717, 1.165) is 6.07 Å². The van der Waals surface area contributed by atoms with Crippen LogP contribution in [-0.4, -0.2) is 29.2 Å². The molecule has 2 aromatic carbocycles. The molecule has 0 fully saturated rings. The second-order valence-electron chi connectivity index (χ2n) is 6.18. The number of aldehydes is 1. The summed E-state index contributed by atoms with van der Waals surface area (Å²) in [5, 5.41) is 7.52. The van der Waals surface area contributed by atoms with Crippen LogP contribution in [-0.2, 0) is 6.18 Å². The first-order valence-electron chi connectivity index (χ1n) is 8.77. The molecule has 0 bridgehead atoms. The van der Waals surface area contributed by atoms with Gasteiger partial charge in [0.05, 0.1) is 16.8 Å². The SMILES string of the molecule is CNC(=O)c1ccccc1Nc1nc(Nc2ccc(C=O)c(F)c2)ncc1C(F)(F)F. The van der Waals surface area contributed by atoms with Crippen molar-refractivity contribution in [2.75, 3.05) is 17.7 Å². The van der Waals surface area contributed by atoms with Crippen LogP contribution in [0, 0.1) is 5.82 Å². The van der Waals surface area contributed by atoms with Gasteiger partial charge in [-0.2, -0.15) is 18.2 Å². The summed E-state index contributed by atoms with van der Waals surface area (Å²) in [5.41, 5.74) is -1.00. The molecule has 3 N–H and O–H groups in total. The molecule has 3 rings (SSSR count). The summed E-state index contributed by atoms with van der Waals surface area (Å²) in [6, 6.07) is 9.50. The van der Waals surface area contributed by atoms with Crippen LogP contribution in [0.25, 0.3) is 0 Å². The van der Waals surface area contributed by atoms with Crippen molar-refractivity contribution >= 4 is 35.3 Å². The lowest BCUT2D eigenvalue weighted by Gasteiger charge is -2.16. The van der Waals surface area contributed by atoms with Crippen LogP contribution >= 0.6 is 0 Å². The molecular weight excluding hydrogens is 418 g/mol. The van der Waals surface area contributed by atoms with Crippen molar-refractivity contribution in [3.8, 4) is 0 Å². The number of carbonyl (C=O) groups excluding carboxylic acids is 2. The van der Waals surface area contributed by atoms with Crippen LogP contribution in [0.1, 0.15) is 26.3 Å². The molecule has 0 saturated heterocycles. The van der Waals surface area contributed by atoms with E-state index in [1.165, 1.54) is 31.3 Å². The number of para-hydroxylation sites is 1. The van der Waals surface area contributed by atoms with E-state index in [-0.39, 0.29) is 28.5 Å². The first kappa shape index (κ1) is 21.7. The fourth-order valence-electron chi connectivity index (χ4n) is 2.63. The maximum Gasteiger partial charge on any atom is 0.421 e. The number of alkyl halides is 3. The fraction of sp³-hybridized carbons (Fsp3) is 0.100. The first-order chi connectivity index (χ1) is 14.7. The van der Waals surface area contributed by atoms with Crippen molar-refractivity contribution in [1.82, 2.24) is 15.3 Å². The van der Waals surface area contributed by atoms with E-state index in [1.54, 1.807) is 12.1 Å². The van der Waals surface area contributed by atoms with Crippen molar-refractivity contribution in [2.45, 2.75) is 6.18 Å². The molecule has 0 radical (unpaired) electrons. The summed E-state index contributed by atoms with van der Waals surface area (Å²) >= 11 is 0. The Morgan fingerprint density at radius 3 is 2.48 bits per heavy atom. The molecule has 0 spiro atoms. The fourth-order valence-corrected chi connectivity index (χ4v) is 2.63. The number of anilines is 4. The van der Waals surface area contributed by atoms with Gasteiger partial charge in [-0.15, -0.1) is 0 Å². The third-order valence-corrected chi connectivity index (χ3v) is 4.13. The van der Waals surface area contributed by atoms with E-state index in [9.17, 15) is 27.2 Å². The maximum absolute atomic E-state index is 13.8. The molecule has 0 atom stereocenters. The highest BCUT2D eigenvalue weighted by molar-refractivity contribution is 6.00. The van der Waals surface area contributed by atoms with Gasteiger partial charge in [0.25, 0.3) is 5.91 Å². The number of carbonyl (C=O) groups is 2. The molecule has 0 saturated carbocycles. The average molecular weight is 433 g/mol. The monoisotopic (exact) mass is 433 g/mol. The van der Waals surface area contributed by atoms with Crippen molar-refractivity contribution in [1.29, 1.82) is 0 Å². The first-order valence-corrected chi connectivity index (χ1v) is 8.77. The summed E-state index contributed by atoms with van der Waals surface area (Å²) < 4.78 is 54.2. The third kappa shape index (κ3) is 4.94. The Morgan fingerprint density at radius 2 is 1.84 bits per heavy atom. The van der Waals surface area contributed by atoms with Crippen LogP contribution < -0.4 is 16.0 Å². The van der Waals surface area contributed by atoms with Gasteiger partial charge in [0.2, 0.25) is 5.95 Å². The highest BCUT2D eigenvalue weighted by Crippen LogP contribution is 2.36. The van der Waals surface area contributed by atoms with Gasteiger partial charge in [-0.3, -0.25) is 9.59 Å². The number of rotatable bonds is 6. The number of aromatic nitrogens is 2. The van der Waals surface area contributed by atoms with Crippen LogP contribution in [0.4, 0.5) is 40.7 Å². The maximum atomic E-state index is 13.8. The molecule has 160 valence electrons. The van der Waals surface area contributed by atoms with Gasteiger partial charge in [-0.25, -0.2) is 9.37 Å². The Morgan fingerprint density at radius 1 is 1.10 bits per heavy atom. The summed E-state index contributed by atoms with van der Waals surface area (Å²) in [6.45, 7) is 0. The Hall–Kier alpha value is -4.02. The Bertz CT molecular complexity index is 1130. The van der Waals surface area contributed by atoms with Gasteiger partial charge < -0.3 is 16.0 Å². The molecule has 1 amide bonds. The number of nitrogens with zero attached hydrogens (tertiary/aromatic N) is 2. The predicted octanol–water partition coefficient (Wildman–Crippen LogP) is 4.29. The van der Waals surface area contributed by atoms with Crippen molar-refractivity contribution < 1.29 is 27.2 Å². The van der Waals surface area contributed by atoms with E-state index in [4.69, 9.17) is 0 Å². The number of hydrogen-bond donors (Lipinski definition) is 3. The van der Waals surface area contributed by atoms with Gasteiger partial charge in [-0.05, 0) is 30.3 Å². The van der Waals surface area contributed by atoms with Crippen LogP contribution in [0.2, 0.25) is 0 Å². The molecule has 3 aromatic rings. The van der Waals surface area contributed by atoms with Crippen molar-refractivity contribution in [3.05, 3.63) is 71.2 Å². The van der Waals surface area contributed by atoms with E-state index in [2.05, 4.69) is 25.9 Å². The minimum Gasteiger partial charge on any atom is -0.355 e. The van der Waals surface area contributed by atoms with E-state index in [1.807, 2.05) is 0 Å². The largest absolute Gasteiger partial charge is 0.421 e. The molecular formula is C20H15F4N5O2. The van der Waals surface area contributed by atoms with Crippen LogP contribution in [0.3, 0.4) is 0 Å². The van der Waals surface area contributed by atoms with Crippen molar-refractivity contribution in [3.63, 3.8) is 0 Å². The lowest BCUT2D eigenvalue weighted by molar-refractivity contribution is -0.137. The second-order valence-corrected chi connectivity index (χ2v) is 6.18. The second kappa shape index (κ2) is 8.78. The third-order valence-electron chi connectivity index (χ3n) is 4.13. The Labute approximate surface area is 173 Å². The molecule has 0 aliphatic heterocycles. The summed E-state index contributed by atoms with van der Waals surface area (Å²) in [4.78, 5) is 30.2. The molecule has 0 unspecified atom stereocenters. The van der Waals surface area contributed by atoms with Crippen LogP contribution in [0.5, 0.6) is 0 Å². The lowest BCUT2D eigenvalue weighted by Crippen LogP contribution is -2.20. The molecule has 11 heteroatoms. The smallest absolute Gasteiger partial charge is 0.355 e. The lowest BCUT2D eigenvalue weighted by atomic mass is 10.1. The van der Waals surface area contributed by atoms with E-state index < -0.39 is 29.3 Å². The van der Waals surface area contributed by atoms with E-state index >= 15 is 0 Å². The highest BCUT2D eigenvalue weighted by atomic mass is 19.4.